The molecular weight excluding hydrogens is 444 g/mol. The summed E-state index contributed by atoms with van der Waals surface area (Å²) in [5.74, 6) is -1.26. The van der Waals surface area contributed by atoms with E-state index in [-0.39, 0.29) is 42.2 Å². The van der Waals surface area contributed by atoms with Gasteiger partial charge in [-0.05, 0) is 59.8 Å². The molecule has 0 heterocycles. The SMILES string of the molecule is CC(CCNC(=O)C1C2CCC(C2)C1NC(=O)OCC1c2ccccc2-c2ccccc21)C(=O)O. The van der Waals surface area contributed by atoms with Gasteiger partial charge in [0, 0.05) is 18.5 Å². The number of fused-ring (bicyclic) bond motifs is 5. The molecule has 184 valence electrons. The van der Waals surface area contributed by atoms with E-state index in [4.69, 9.17) is 9.84 Å². The van der Waals surface area contributed by atoms with Gasteiger partial charge in [-0.2, -0.15) is 0 Å². The molecule has 2 amide bonds. The van der Waals surface area contributed by atoms with Gasteiger partial charge in [0.05, 0.1) is 11.8 Å². The van der Waals surface area contributed by atoms with Crippen molar-refractivity contribution in [3.8, 4) is 11.1 Å². The van der Waals surface area contributed by atoms with Crippen molar-refractivity contribution >= 4 is 18.0 Å². The van der Waals surface area contributed by atoms with E-state index in [2.05, 4.69) is 34.9 Å². The second kappa shape index (κ2) is 9.72. The van der Waals surface area contributed by atoms with Crippen LogP contribution < -0.4 is 10.6 Å². The molecule has 2 fully saturated rings. The van der Waals surface area contributed by atoms with Crippen molar-refractivity contribution < 1.29 is 24.2 Å². The maximum absolute atomic E-state index is 13.0. The number of carboxylic acid groups (broad SMARTS) is 1. The van der Waals surface area contributed by atoms with E-state index < -0.39 is 18.0 Å². The Labute approximate surface area is 205 Å². The Hall–Kier alpha value is -3.35. The summed E-state index contributed by atoms with van der Waals surface area (Å²) in [6.45, 7) is 2.19. The molecule has 2 aromatic rings. The minimum absolute atomic E-state index is 0.0106. The number of hydrogen-bond acceptors (Lipinski definition) is 4. The van der Waals surface area contributed by atoms with Crippen LogP contribution in [0.4, 0.5) is 4.79 Å². The summed E-state index contributed by atoms with van der Waals surface area (Å²) >= 11 is 0. The maximum atomic E-state index is 13.0. The lowest BCUT2D eigenvalue weighted by Gasteiger charge is -2.30. The van der Waals surface area contributed by atoms with E-state index in [1.54, 1.807) is 6.92 Å². The first kappa shape index (κ1) is 23.4. The van der Waals surface area contributed by atoms with Gasteiger partial charge in [-0.15, -0.1) is 0 Å². The smallest absolute Gasteiger partial charge is 0.407 e. The molecule has 2 aromatic carbocycles. The average molecular weight is 477 g/mol. The van der Waals surface area contributed by atoms with Gasteiger partial charge in [0.1, 0.15) is 6.61 Å². The highest BCUT2D eigenvalue weighted by molar-refractivity contribution is 5.82. The van der Waals surface area contributed by atoms with Crippen LogP contribution in [0.25, 0.3) is 11.1 Å². The molecule has 0 saturated heterocycles. The van der Waals surface area contributed by atoms with Crippen LogP contribution in [0, 0.1) is 23.7 Å². The molecule has 2 bridgehead atoms. The number of hydrogen-bond donors (Lipinski definition) is 3. The normalized spacial score (nSPS) is 24.9. The number of benzene rings is 2. The van der Waals surface area contributed by atoms with Crippen LogP contribution in [-0.4, -0.2) is 42.3 Å². The Morgan fingerprint density at radius 3 is 2.29 bits per heavy atom. The fourth-order valence-electron chi connectivity index (χ4n) is 6.31. The number of aliphatic carboxylic acids is 1. The number of alkyl carbamates (subject to hydrolysis) is 1. The van der Waals surface area contributed by atoms with Gasteiger partial charge in [-0.3, -0.25) is 9.59 Å². The summed E-state index contributed by atoms with van der Waals surface area (Å²) in [6, 6.07) is 16.2. The molecule has 0 aliphatic heterocycles. The topological polar surface area (TPSA) is 105 Å². The standard InChI is InChI=1S/C28H32N2O5/c1-16(27(32)33)12-13-29-26(31)24-17-10-11-18(14-17)25(24)30-28(34)35-15-23-21-8-4-2-6-19(21)20-7-3-5-9-22(20)23/h2-9,16-18,23-25H,10-15H2,1H3,(H,29,31)(H,30,34)(H,32,33). The van der Waals surface area contributed by atoms with Crippen LogP contribution in [0.15, 0.2) is 48.5 Å². The van der Waals surface area contributed by atoms with Crippen LogP contribution in [0.3, 0.4) is 0 Å². The third-order valence-electron chi connectivity index (χ3n) is 8.15. The van der Waals surface area contributed by atoms with Gasteiger partial charge < -0.3 is 20.5 Å². The van der Waals surface area contributed by atoms with Gasteiger partial charge in [0.2, 0.25) is 5.91 Å². The van der Waals surface area contributed by atoms with Crippen molar-refractivity contribution in [2.24, 2.45) is 23.7 Å². The molecule has 35 heavy (non-hydrogen) atoms. The first-order valence-corrected chi connectivity index (χ1v) is 12.6. The molecule has 3 aliphatic carbocycles. The fraction of sp³-hybridized carbons (Fsp3) is 0.464. The highest BCUT2D eigenvalue weighted by Gasteiger charge is 2.51. The van der Waals surface area contributed by atoms with Gasteiger partial charge in [0.25, 0.3) is 0 Å². The fourth-order valence-corrected chi connectivity index (χ4v) is 6.31. The van der Waals surface area contributed by atoms with Crippen molar-refractivity contribution in [3.05, 3.63) is 59.7 Å². The van der Waals surface area contributed by atoms with Gasteiger partial charge in [-0.25, -0.2) is 4.79 Å². The second-order valence-electron chi connectivity index (χ2n) is 10.2. The van der Waals surface area contributed by atoms with Crippen molar-refractivity contribution in [3.63, 3.8) is 0 Å². The number of carboxylic acids is 1. The summed E-state index contributed by atoms with van der Waals surface area (Å²) in [5.41, 5.74) is 4.68. The van der Waals surface area contributed by atoms with E-state index in [1.807, 2.05) is 24.3 Å². The van der Waals surface area contributed by atoms with Crippen LogP contribution in [0.1, 0.15) is 49.7 Å². The minimum atomic E-state index is -0.867. The average Bonchev–Trinajstić information content (AvgIpc) is 3.54. The molecule has 0 aromatic heterocycles. The lowest BCUT2D eigenvalue weighted by Crippen LogP contribution is -2.50. The maximum Gasteiger partial charge on any atom is 0.407 e. The number of carbonyl (C=O) groups excluding carboxylic acids is 2. The van der Waals surface area contributed by atoms with E-state index in [0.717, 1.165) is 30.4 Å². The summed E-state index contributed by atoms with van der Waals surface area (Å²) in [4.78, 5) is 36.9. The van der Waals surface area contributed by atoms with E-state index in [0.29, 0.717) is 13.0 Å². The highest BCUT2D eigenvalue weighted by atomic mass is 16.5. The third-order valence-corrected chi connectivity index (χ3v) is 8.15. The van der Waals surface area contributed by atoms with Crippen LogP contribution in [0.5, 0.6) is 0 Å². The Kier molecular flexibility index (Phi) is 6.50. The number of amides is 2. The van der Waals surface area contributed by atoms with Gasteiger partial charge in [-0.1, -0.05) is 55.5 Å². The molecule has 5 atom stereocenters. The number of rotatable bonds is 8. The molecule has 7 heteroatoms. The third kappa shape index (κ3) is 4.51. The molecule has 0 radical (unpaired) electrons. The monoisotopic (exact) mass is 476 g/mol. The zero-order valence-electron chi connectivity index (χ0n) is 19.9. The predicted molar refractivity (Wildman–Crippen MR) is 131 cm³/mol. The van der Waals surface area contributed by atoms with Gasteiger partial charge >= 0.3 is 12.1 Å². The summed E-state index contributed by atoms with van der Waals surface area (Å²) in [7, 11) is 0. The van der Waals surface area contributed by atoms with Crippen LogP contribution >= 0.6 is 0 Å². The molecule has 5 unspecified atom stereocenters. The molecular formula is C28H32N2O5. The Morgan fingerprint density at radius 2 is 1.63 bits per heavy atom. The zero-order chi connectivity index (χ0) is 24.5. The van der Waals surface area contributed by atoms with Crippen molar-refractivity contribution in [2.75, 3.05) is 13.2 Å². The first-order chi connectivity index (χ1) is 16.9. The number of ether oxygens (including phenoxy) is 1. The van der Waals surface area contributed by atoms with Crippen LogP contribution in [-0.2, 0) is 14.3 Å². The second-order valence-corrected chi connectivity index (χ2v) is 10.2. The Balaban J connectivity index is 1.20. The van der Waals surface area contributed by atoms with Crippen LogP contribution in [0.2, 0.25) is 0 Å². The Bertz CT molecular complexity index is 1090. The lowest BCUT2D eigenvalue weighted by atomic mass is 9.83. The molecule has 3 aliphatic rings. The van der Waals surface area contributed by atoms with E-state index in [1.165, 1.54) is 11.1 Å². The van der Waals surface area contributed by atoms with Crippen molar-refractivity contribution in [1.29, 1.82) is 0 Å². The molecule has 0 spiro atoms. The predicted octanol–water partition coefficient (Wildman–Crippen LogP) is 4.17. The van der Waals surface area contributed by atoms with Crippen molar-refractivity contribution in [1.82, 2.24) is 10.6 Å². The van der Waals surface area contributed by atoms with E-state index >= 15 is 0 Å². The molecule has 3 N–H and O–H groups in total. The lowest BCUT2D eigenvalue weighted by molar-refractivity contribution is -0.141. The quantitative estimate of drug-likeness (QED) is 0.531. The van der Waals surface area contributed by atoms with Gasteiger partial charge in [0.15, 0.2) is 0 Å². The Morgan fingerprint density at radius 1 is 1.00 bits per heavy atom. The number of nitrogens with one attached hydrogen (secondary N) is 2. The first-order valence-electron chi connectivity index (χ1n) is 12.6. The summed E-state index contributed by atoms with van der Waals surface area (Å²) in [5, 5.41) is 15.0. The van der Waals surface area contributed by atoms with E-state index in [9.17, 15) is 14.4 Å². The largest absolute Gasteiger partial charge is 0.481 e. The molecule has 7 nitrogen and oxygen atoms in total. The zero-order valence-corrected chi connectivity index (χ0v) is 19.9. The number of carbonyl (C=O) groups is 3. The molecule has 5 rings (SSSR count). The highest BCUT2D eigenvalue weighted by Crippen LogP contribution is 2.49. The summed E-state index contributed by atoms with van der Waals surface area (Å²) < 4.78 is 5.73. The van der Waals surface area contributed by atoms with Crippen molar-refractivity contribution in [2.45, 2.75) is 44.6 Å². The molecule has 2 saturated carbocycles. The minimum Gasteiger partial charge on any atom is -0.481 e. The summed E-state index contributed by atoms with van der Waals surface area (Å²) in [6.07, 6.45) is 2.81.